The van der Waals surface area contributed by atoms with Gasteiger partial charge < -0.3 is 14.6 Å². The predicted molar refractivity (Wildman–Crippen MR) is 61.5 cm³/mol. The molecule has 1 amide bonds. The second-order valence-electron chi connectivity index (χ2n) is 5.06. The number of hydrogen-bond donors (Lipinski definition) is 1. The average molecular weight is 241 g/mol. The van der Waals surface area contributed by atoms with Crippen LogP contribution in [0.1, 0.15) is 52.3 Å². The molecule has 0 aliphatic rings. The van der Waals surface area contributed by atoms with Gasteiger partial charge >= 0.3 is 6.09 Å². The van der Waals surface area contributed by atoms with Crippen LogP contribution in [0, 0.1) is 0 Å². The summed E-state index contributed by atoms with van der Waals surface area (Å²) in [5.41, 5.74) is -0.512. The molecule has 1 rings (SSSR count). The molecule has 1 aromatic rings. The number of rotatable bonds is 3. The lowest BCUT2D eigenvalue weighted by Crippen LogP contribution is -2.32. The first-order chi connectivity index (χ1) is 7.78. The highest BCUT2D eigenvalue weighted by atomic mass is 16.6. The van der Waals surface area contributed by atoms with Crippen molar-refractivity contribution >= 4 is 6.09 Å². The quantitative estimate of drug-likeness (QED) is 0.877. The van der Waals surface area contributed by atoms with E-state index in [1.807, 2.05) is 13.8 Å². The first-order valence-corrected chi connectivity index (χ1v) is 5.57. The number of amides is 1. The third-order valence-corrected chi connectivity index (χ3v) is 1.78. The zero-order valence-corrected chi connectivity index (χ0v) is 10.9. The molecular formula is C11H19N3O3. The van der Waals surface area contributed by atoms with Crippen LogP contribution < -0.4 is 5.32 Å². The maximum absolute atomic E-state index is 11.3. The first-order valence-electron chi connectivity index (χ1n) is 5.57. The molecule has 0 bridgehead atoms. The van der Waals surface area contributed by atoms with Crippen LogP contribution in [0.3, 0.4) is 0 Å². The molecule has 0 spiro atoms. The number of aromatic nitrogens is 2. The van der Waals surface area contributed by atoms with Crippen molar-refractivity contribution in [2.75, 3.05) is 0 Å². The Balaban J connectivity index is 2.42. The normalized spacial score (nSPS) is 11.6. The van der Waals surface area contributed by atoms with Crippen molar-refractivity contribution < 1.29 is 14.1 Å². The van der Waals surface area contributed by atoms with Gasteiger partial charge in [-0.25, -0.2) is 4.79 Å². The fourth-order valence-corrected chi connectivity index (χ4v) is 1.04. The monoisotopic (exact) mass is 241 g/mol. The smallest absolute Gasteiger partial charge is 0.408 e. The van der Waals surface area contributed by atoms with Crippen LogP contribution in [0.4, 0.5) is 4.79 Å². The van der Waals surface area contributed by atoms with Gasteiger partial charge in [0.1, 0.15) is 12.1 Å². The fourth-order valence-electron chi connectivity index (χ4n) is 1.04. The van der Waals surface area contributed by atoms with E-state index < -0.39 is 11.7 Å². The van der Waals surface area contributed by atoms with Crippen molar-refractivity contribution in [3.63, 3.8) is 0 Å². The van der Waals surface area contributed by atoms with Gasteiger partial charge in [0.05, 0.1) is 0 Å². The van der Waals surface area contributed by atoms with Crippen molar-refractivity contribution in [2.45, 2.75) is 52.7 Å². The predicted octanol–water partition coefficient (Wildman–Crippen LogP) is 2.22. The average Bonchev–Trinajstić information content (AvgIpc) is 2.60. The van der Waals surface area contributed by atoms with Crippen LogP contribution in [0.5, 0.6) is 0 Å². The molecule has 0 aromatic carbocycles. The third kappa shape index (κ3) is 4.84. The van der Waals surface area contributed by atoms with E-state index >= 15 is 0 Å². The lowest BCUT2D eigenvalue weighted by Gasteiger charge is -2.19. The second kappa shape index (κ2) is 5.16. The zero-order chi connectivity index (χ0) is 13.1. The molecule has 1 N–H and O–H groups in total. The largest absolute Gasteiger partial charge is 0.444 e. The summed E-state index contributed by atoms with van der Waals surface area (Å²) in [6, 6.07) is 0. The highest BCUT2D eigenvalue weighted by Gasteiger charge is 2.17. The Bertz CT molecular complexity index is 380. The molecule has 6 heteroatoms. The third-order valence-electron chi connectivity index (χ3n) is 1.78. The summed E-state index contributed by atoms with van der Waals surface area (Å²) in [5.74, 6) is 1.21. The van der Waals surface area contributed by atoms with Gasteiger partial charge in [-0.3, -0.25) is 0 Å². The van der Waals surface area contributed by atoms with E-state index in [-0.39, 0.29) is 12.5 Å². The number of hydrogen-bond acceptors (Lipinski definition) is 5. The molecule has 0 aliphatic heterocycles. The summed E-state index contributed by atoms with van der Waals surface area (Å²) in [6.07, 6.45) is -0.498. The maximum atomic E-state index is 11.3. The molecule has 0 unspecified atom stereocenters. The summed E-state index contributed by atoms with van der Waals surface area (Å²) in [5, 5.41) is 6.34. The van der Waals surface area contributed by atoms with Crippen LogP contribution in [-0.2, 0) is 11.3 Å². The molecule has 0 radical (unpaired) electrons. The van der Waals surface area contributed by atoms with Crippen LogP contribution in [0.2, 0.25) is 0 Å². The Morgan fingerprint density at radius 2 is 2.12 bits per heavy atom. The highest BCUT2D eigenvalue weighted by Crippen LogP contribution is 2.10. The standard InChI is InChI=1S/C11H19N3O3/c1-7(2)9-13-8(17-14-9)6-12-10(15)16-11(3,4)5/h7H,6H2,1-5H3,(H,12,15). The van der Waals surface area contributed by atoms with Crippen molar-refractivity contribution in [2.24, 2.45) is 0 Å². The summed E-state index contributed by atoms with van der Waals surface area (Å²) in [7, 11) is 0. The van der Waals surface area contributed by atoms with E-state index in [4.69, 9.17) is 9.26 Å². The molecule has 0 atom stereocenters. The topological polar surface area (TPSA) is 77.2 Å². The van der Waals surface area contributed by atoms with E-state index in [1.165, 1.54) is 0 Å². The molecule has 1 aromatic heterocycles. The van der Waals surface area contributed by atoms with Gasteiger partial charge in [-0.2, -0.15) is 4.98 Å². The molecule has 0 saturated carbocycles. The van der Waals surface area contributed by atoms with Crippen molar-refractivity contribution in [1.82, 2.24) is 15.5 Å². The Labute approximate surface area is 101 Å². The van der Waals surface area contributed by atoms with Crippen LogP contribution in [-0.4, -0.2) is 21.8 Å². The molecule has 6 nitrogen and oxygen atoms in total. The summed E-state index contributed by atoms with van der Waals surface area (Å²) in [4.78, 5) is 15.5. The minimum Gasteiger partial charge on any atom is -0.444 e. The number of nitrogens with one attached hydrogen (secondary N) is 1. The van der Waals surface area contributed by atoms with Gasteiger partial charge in [0.15, 0.2) is 5.82 Å². The van der Waals surface area contributed by atoms with E-state index in [2.05, 4.69) is 15.5 Å². The van der Waals surface area contributed by atoms with E-state index in [1.54, 1.807) is 20.8 Å². The molecular weight excluding hydrogens is 222 g/mol. The SMILES string of the molecule is CC(C)c1noc(CNC(=O)OC(C)(C)C)n1. The fraction of sp³-hybridized carbons (Fsp3) is 0.727. The molecule has 1 heterocycles. The van der Waals surface area contributed by atoms with Crippen LogP contribution in [0.25, 0.3) is 0 Å². The zero-order valence-electron chi connectivity index (χ0n) is 10.9. The first kappa shape index (κ1) is 13.5. The molecule has 96 valence electrons. The molecule has 17 heavy (non-hydrogen) atoms. The van der Waals surface area contributed by atoms with Gasteiger partial charge in [-0.05, 0) is 20.8 Å². The summed E-state index contributed by atoms with van der Waals surface area (Å²) < 4.78 is 10.0. The van der Waals surface area contributed by atoms with Gasteiger partial charge in [-0.1, -0.05) is 19.0 Å². The van der Waals surface area contributed by atoms with E-state index in [9.17, 15) is 4.79 Å². The van der Waals surface area contributed by atoms with Gasteiger partial charge in [0, 0.05) is 5.92 Å². The Hall–Kier alpha value is -1.59. The molecule has 0 aliphatic carbocycles. The number of carbonyl (C=O) groups is 1. The minimum absolute atomic E-state index is 0.175. The van der Waals surface area contributed by atoms with Gasteiger partial charge in [0.2, 0.25) is 5.89 Å². The Kier molecular flexibility index (Phi) is 4.09. The van der Waals surface area contributed by atoms with E-state index in [0.29, 0.717) is 11.7 Å². The summed E-state index contributed by atoms with van der Waals surface area (Å²) >= 11 is 0. The van der Waals surface area contributed by atoms with Crippen molar-refractivity contribution in [1.29, 1.82) is 0 Å². The van der Waals surface area contributed by atoms with Gasteiger partial charge in [0.25, 0.3) is 0 Å². The number of alkyl carbamates (subject to hydrolysis) is 1. The lowest BCUT2D eigenvalue weighted by molar-refractivity contribution is 0.0518. The Morgan fingerprint density at radius 3 is 2.59 bits per heavy atom. The van der Waals surface area contributed by atoms with Gasteiger partial charge in [-0.15, -0.1) is 0 Å². The maximum Gasteiger partial charge on any atom is 0.408 e. The van der Waals surface area contributed by atoms with Crippen LogP contribution in [0.15, 0.2) is 4.52 Å². The second-order valence-corrected chi connectivity index (χ2v) is 5.06. The molecule has 0 fully saturated rings. The van der Waals surface area contributed by atoms with E-state index in [0.717, 1.165) is 0 Å². The van der Waals surface area contributed by atoms with Crippen LogP contribution >= 0.6 is 0 Å². The number of carbonyl (C=O) groups excluding carboxylic acids is 1. The highest BCUT2D eigenvalue weighted by molar-refractivity contribution is 5.67. The number of ether oxygens (including phenoxy) is 1. The Morgan fingerprint density at radius 1 is 1.47 bits per heavy atom. The van der Waals surface area contributed by atoms with Crippen molar-refractivity contribution in [3.8, 4) is 0 Å². The molecule has 0 saturated heterocycles. The number of nitrogens with zero attached hydrogens (tertiary/aromatic N) is 2. The minimum atomic E-state index is -0.512. The lowest BCUT2D eigenvalue weighted by atomic mass is 10.2. The van der Waals surface area contributed by atoms with Crippen molar-refractivity contribution in [3.05, 3.63) is 11.7 Å². The summed E-state index contributed by atoms with van der Waals surface area (Å²) in [6.45, 7) is 9.52.